The van der Waals surface area contributed by atoms with E-state index in [4.69, 9.17) is 9.47 Å². The van der Waals surface area contributed by atoms with E-state index in [0.717, 1.165) is 17.1 Å². The summed E-state index contributed by atoms with van der Waals surface area (Å²) in [5.74, 6) is 1.56. The highest BCUT2D eigenvalue weighted by atomic mass is 16.5. The molecular formula is C14H13O2. The van der Waals surface area contributed by atoms with Crippen molar-refractivity contribution in [3.8, 4) is 11.5 Å². The second-order valence-corrected chi connectivity index (χ2v) is 3.33. The molecule has 0 saturated heterocycles. The van der Waals surface area contributed by atoms with Gasteiger partial charge in [0.1, 0.15) is 11.5 Å². The van der Waals surface area contributed by atoms with E-state index in [0.29, 0.717) is 0 Å². The number of methoxy groups -OCH3 is 1. The van der Waals surface area contributed by atoms with Crippen LogP contribution in [0, 0.1) is 6.61 Å². The fraction of sp³-hybridized carbons (Fsp3) is 0.0714. The predicted octanol–water partition coefficient (Wildman–Crippen LogP) is 3.28. The van der Waals surface area contributed by atoms with E-state index in [1.165, 1.54) is 0 Å². The van der Waals surface area contributed by atoms with Crippen LogP contribution in [0.1, 0.15) is 5.56 Å². The van der Waals surface area contributed by atoms with Gasteiger partial charge in [-0.1, -0.05) is 36.4 Å². The molecule has 0 amide bonds. The molecule has 2 heteroatoms. The Balaban J connectivity index is 1.99. The van der Waals surface area contributed by atoms with Crippen molar-refractivity contribution in [2.24, 2.45) is 0 Å². The molecule has 0 atom stereocenters. The number of rotatable bonds is 4. The standard InChI is InChI=1S/C14H13O2/c1-15-13-8-5-9-14(10-13)16-11-12-6-3-2-4-7-12/h2-11H,1H3. The van der Waals surface area contributed by atoms with Gasteiger partial charge in [0.25, 0.3) is 0 Å². The van der Waals surface area contributed by atoms with Crippen LogP contribution in [0.2, 0.25) is 0 Å². The summed E-state index contributed by atoms with van der Waals surface area (Å²) in [6.45, 7) is 1.72. The largest absolute Gasteiger partial charge is 0.497 e. The van der Waals surface area contributed by atoms with Crippen LogP contribution in [0.15, 0.2) is 54.6 Å². The van der Waals surface area contributed by atoms with Crippen LogP contribution in [0.25, 0.3) is 0 Å². The molecule has 0 aliphatic heterocycles. The van der Waals surface area contributed by atoms with E-state index in [1.807, 2.05) is 54.6 Å². The van der Waals surface area contributed by atoms with E-state index >= 15 is 0 Å². The van der Waals surface area contributed by atoms with Crippen molar-refractivity contribution >= 4 is 0 Å². The first kappa shape index (κ1) is 10.6. The molecule has 2 rings (SSSR count). The van der Waals surface area contributed by atoms with Crippen molar-refractivity contribution in [1.82, 2.24) is 0 Å². The summed E-state index contributed by atoms with van der Waals surface area (Å²) in [6.07, 6.45) is 0. The highest BCUT2D eigenvalue weighted by Crippen LogP contribution is 2.20. The summed E-state index contributed by atoms with van der Waals surface area (Å²) in [6, 6.07) is 17.4. The van der Waals surface area contributed by atoms with E-state index in [1.54, 1.807) is 13.7 Å². The van der Waals surface area contributed by atoms with E-state index in [2.05, 4.69) is 0 Å². The molecular weight excluding hydrogens is 200 g/mol. The lowest BCUT2D eigenvalue weighted by atomic mass is 10.2. The quantitative estimate of drug-likeness (QED) is 0.776. The lowest BCUT2D eigenvalue weighted by molar-refractivity contribution is 0.400. The van der Waals surface area contributed by atoms with Gasteiger partial charge in [-0.3, -0.25) is 0 Å². The summed E-state index contributed by atoms with van der Waals surface area (Å²) >= 11 is 0. The Labute approximate surface area is 95.4 Å². The number of ether oxygens (including phenoxy) is 2. The summed E-state index contributed by atoms with van der Waals surface area (Å²) in [7, 11) is 1.64. The fourth-order valence-corrected chi connectivity index (χ4v) is 1.34. The summed E-state index contributed by atoms with van der Waals surface area (Å²) in [5.41, 5.74) is 1.03. The predicted molar refractivity (Wildman–Crippen MR) is 63.5 cm³/mol. The normalized spacial score (nSPS) is 9.81. The van der Waals surface area contributed by atoms with Gasteiger partial charge in [0, 0.05) is 6.07 Å². The van der Waals surface area contributed by atoms with Crippen LogP contribution in [0.4, 0.5) is 0 Å². The molecule has 0 N–H and O–H groups in total. The SMILES string of the molecule is COc1cccc(O[CH]c2ccccc2)c1. The minimum Gasteiger partial charge on any atom is -0.497 e. The maximum atomic E-state index is 5.53. The molecule has 2 nitrogen and oxygen atoms in total. The van der Waals surface area contributed by atoms with Gasteiger partial charge in [0.05, 0.1) is 7.11 Å². The molecule has 0 fully saturated rings. The lowest BCUT2D eigenvalue weighted by Gasteiger charge is -2.06. The molecule has 2 aromatic carbocycles. The lowest BCUT2D eigenvalue weighted by Crippen LogP contribution is -1.92. The number of hydrogen-bond donors (Lipinski definition) is 0. The molecule has 0 unspecified atom stereocenters. The van der Waals surface area contributed by atoms with Gasteiger partial charge in [0.2, 0.25) is 0 Å². The maximum Gasteiger partial charge on any atom is 0.165 e. The molecule has 0 spiro atoms. The zero-order chi connectivity index (χ0) is 11.2. The van der Waals surface area contributed by atoms with Crippen molar-refractivity contribution in [1.29, 1.82) is 0 Å². The molecule has 0 aromatic heterocycles. The van der Waals surface area contributed by atoms with Crippen LogP contribution < -0.4 is 9.47 Å². The van der Waals surface area contributed by atoms with Crippen LogP contribution >= 0.6 is 0 Å². The second kappa shape index (κ2) is 5.21. The first-order valence-electron chi connectivity index (χ1n) is 5.07. The average molecular weight is 213 g/mol. The molecule has 1 radical (unpaired) electrons. The van der Waals surface area contributed by atoms with Crippen LogP contribution in [-0.4, -0.2) is 7.11 Å². The molecule has 0 aliphatic rings. The highest BCUT2D eigenvalue weighted by Gasteiger charge is 1.98. The van der Waals surface area contributed by atoms with Crippen molar-refractivity contribution < 1.29 is 9.47 Å². The van der Waals surface area contributed by atoms with Gasteiger partial charge in [-0.25, -0.2) is 0 Å². The Hall–Kier alpha value is -1.96. The van der Waals surface area contributed by atoms with Crippen LogP contribution in [0.3, 0.4) is 0 Å². The third-order valence-corrected chi connectivity index (χ3v) is 2.17. The molecule has 0 aliphatic carbocycles. The van der Waals surface area contributed by atoms with Crippen molar-refractivity contribution in [3.05, 3.63) is 66.8 Å². The van der Waals surface area contributed by atoms with Gasteiger partial charge in [0.15, 0.2) is 6.61 Å². The average Bonchev–Trinajstić information content (AvgIpc) is 2.38. The monoisotopic (exact) mass is 213 g/mol. The number of hydrogen-bond acceptors (Lipinski definition) is 2. The molecule has 0 heterocycles. The Bertz CT molecular complexity index is 437. The maximum absolute atomic E-state index is 5.53. The Kier molecular flexibility index (Phi) is 3.44. The number of benzene rings is 2. The Morgan fingerprint density at radius 3 is 2.38 bits per heavy atom. The minimum atomic E-state index is 0.767. The van der Waals surface area contributed by atoms with Gasteiger partial charge in [-0.2, -0.15) is 0 Å². The molecule has 81 valence electrons. The first-order valence-corrected chi connectivity index (χ1v) is 5.07. The van der Waals surface area contributed by atoms with E-state index in [-0.39, 0.29) is 0 Å². The van der Waals surface area contributed by atoms with Gasteiger partial charge >= 0.3 is 0 Å². The summed E-state index contributed by atoms with van der Waals surface area (Å²) < 4.78 is 10.6. The van der Waals surface area contributed by atoms with Gasteiger partial charge < -0.3 is 9.47 Å². The van der Waals surface area contributed by atoms with Crippen LogP contribution in [0.5, 0.6) is 11.5 Å². The topological polar surface area (TPSA) is 18.5 Å². The zero-order valence-corrected chi connectivity index (χ0v) is 9.09. The van der Waals surface area contributed by atoms with Crippen molar-refractivity contribution in [3.63, 3.8) is 0 Å². The fourth-order valence-electron chi connectivity index (χ4n) is 1.34. The van der Waals surface area contributed by atoms with Crippen LogP contribution in [-0.2, 0) is 0 Å². The van der Waals surface area contributed by atoms with Gasteiger partial charge in [-0.05, 0) is 17.7 Å². The van der Waals surface area contributed by atoms with Gasteiger partial charge in [-0.15, -0.1) is 0 Å². The highest BCUT2D eigenvalue weighted by molar-refractivity contribution is 5.34. The molecule has 0 saturated carbocycles. The third-order valence-electron chi connectivity index (χ3n) is 2.17. The Morgan fingerprint density at radius 2 is 1.62 bits per heavy atom. The van der Waals surface area contributed by atoms with Crippen molar-refractivity contribution in [2.45, 2.75) is 0 Å². The molecule has 16 heavy (non-hydrogen) atoms. The molecule has 0 bridgehead atoms. The second-order valence-electron chi connectivity index (χ2n) is 3.33. The summed E-state index contributed by atoms with van der Waals surface area (Å²) in [4.78, 5) is 0. The summed E-state index contributed by atoms with van der Waals surface area (Å²) in [5, 5.41) is 0. The zero-order valence-electron chi connectivity index (χ0n) is 9.09. The smallest absolute Gasteiger partial charge is 0.165 e. The molecule has 2 aromatic rings. The Morgan fingerprint density at radius 1 is 0.875 bits per heavy atom. The van der Waals surface area contributed by atoms with E-state index < -0.39 is 0 Å². The first-order chi connectivity index (χ1) is 7.88. The van der Waals surface area contributed by atoms with E-state index in [9.17, 15) is 0 Å². The minimum absolute atomic E-state index is 0.767. The third kappa shape index (κ3) is 2.76. The van der Waals surface area contributed by atoms with Crippen molar-refractivity contribution in [2.75, 3.05) is 7.11 Å².